The molecule has 0 unspecified atom stereocenters. The van der Waals surface area contributed by atoms with E-state index in [9.17, 15) is 4.79 Å². The fraction of sp³-hybridized carbons (Fsp3) is 0.500. The maximum Gasteiger partial charge on any atom is 0.220 e. The van der Waals surface area contributed by atoms with Gasteiger partial charge in [0.15, 0.2) is 5.82 Å². The van der Waals surface area contributed by atoms with Crippen LogP contribution in [0.3, 0.4) is 0 Å². The second-order valence-electron chi connectivity index (χ2n) is 5.96. The van der Waals surface area contributed by atoms with E-state index in [1.165, 1.54) is 0 Å². The predicted octanol–water partition coefficient (Wildman–Crippen LogP) is 0.792. The van der Waals surface area contributed by atoms with Gasteiger partial charge in [0.05, 0.1) is 5.69 Å². The Morgan fingerprint density at radius 2 is 1.96 bits per heavy atom. The van der Waals surface area contributed by atoms with Gasteiger partial charge in [-0.1, -0.05) is 18.2 Å². The van der Waals surface area contributed by atoms with Crippen LogP contribution in [0.4, 0.5) is 0 Å². The Bertz CT molecular complexity index is 633. The van der Waals surface area contributed by atoms with E-state index >= 15 is 0 Å². The summed E-state index contributed by atoms with van der Waals surface area (Å²) in [5.41, 5.74) is 6.35. The normalized spacial score (nSPS) is 16.5. The van der Waals surface area contributed by atoms with E-state index in [1.807, 2.05) is 30.3 Å². The molecular weight excluding hydrogens is 292 g/mol. The van der Waals surface area contributed by atoms with Crippen molar-refractivity contribution in [2.75, 3.05) is 19.6 Å². The van der Waals surface area contributed by atoms with E-state index in [2.05, 4.69) is 20.4 Å². The van der Waals surface area contributed by atoms with Crippen LogP contribution < -0.4 is 5.73 Å². The van der Waals surface area contributed by atoms with Crippen LogP contribution in [-0.2, 0) is 11.2 Å². The summed E-state index contributed by atoms with van der Waals surface area (Å²) in [7, 11) is 0. The van der Waals surface area contributed by atoms with Crippen molar-refractivity contribution in [1.82, 2.24) is 25.1 Å². The Morgan fingerprint density at radius 1 is 1.22 bits per heavy atom. The van der Waals surface area contributed by atoms with Crippen molar-refractivity contribution in [3.8, 4) is 5.69 Å². The summed E-state index contributed by atoms with van der Waals surface area (Å²) in [4.78, 5) is 13.6. The zero-order valence-electron chi connectivity index (χ0n) is 13.1. The molecule has 3 rings (SSSR count). The molecule has 0 saturated carbocycles. The van der Waals surface area contributed by atoms with Gasteiger partial charge in [-0.05, 0) is 61.5 Å². The van der Waals surface area contributed by atoms with Crippen LogP contribution >= 0.6 is 0 Å². The number of tetrazole rings is 1. The Morgan fingerprint density at radius 3 is 2.65 bits per heavy atom. The molecule has 1 aliphatic rings. The molecule has 0 atom stereocenters. The Labute approximate surface area is 135 Å². The first-order valence-electron chi connectivity index (χ1n) is 8.08. The second kappa shape index (κ2) is 7.32. The number of primary amides is 1. The molecule has 1 amide bonds. The number of para-hydroxylation sites is 1. The zero-order chi connectivity index (χ0) is 16.1. The van der Waals surface area contributed by atoms with Gasteiger partial charge in [-0.3, -0.25) is 4.79 Å². The predicted molar refractivity (Wildman–Crippen MR) is 85.8 cm³/mol. The number of piperidine rings is 1. The van der Waals surface area contributed by atoms with Gasteiger partial charge in [0.2, 0.25) is 5.91 Å². The molecule has 1 fully saturated rings. The summed E-state index contributed by atoms with van der Waals surface area (Å²) in [6.07, 6.45) is 3.57. The Hall–Kier alpha value is -2.28. The Kier molecular flexibility index (Phi) is 4.97. The number of hydrogen-bond donors (Lipinski definition) is 1. The van der Waals surface area contributed by atoms with Gasteiger partial charge in [0.25, 0.3) is 0 Å². The maximum absolute atomic E-state index is 11.2. The molecule has 0 aliphatic carbocycles. The molecule has 2 aromatic rings. The first-order chi connectivity index (χ1) is 11.2. The van der Waals surface area contributed by atoms with Crippen LogP contribution in [0.2, 0.25) is 0 Å². The number of likely N-dealkylation sites (tertiary alicyclic amines) is 1. The Balaban J connectivity index is 1.49. The molecule has 2 heterocycles. The number of aryl methyl sites for hydroxylation is 1. The van der Waals surface area contributed by atoms with Crippen molar-refractivity contribution in [2.24, 2.45) is 11.7 Å². The molecule has 0 spiro atoms. The number of nitrogens with zero attached hydrogens (tertiary/aromatic N) is 5. The van der Waals surface area contributed by atoms with Crippen LogP contribution in [0.15, 0.2) is 30.3 Å². The largest absolute Gasteiger partial charge is 0.369 e. The highest BCUT2D eigenvalue weighted by atomic mass is 16.1. The molecule has 1 saturated heterocycles. The van der Waals surface area contributed by atoms with Gasteiger partial charge in [-0.25, -0.2) is 0 Å². The van der Waals surface area contributed by atoms with Crippen LogP contribution in [0.25, 0.3) is 5.69 Å². The van der Waals surface area contributed by atoms with Crippen molar-refractivity contribution >= 4 is 5.91 Å². The van der Waals surface area contributed by atoms with Gasteiger partial charge in [-0.15, -0.1) is 5.10 Å². The van der Waals surface area contributed by atoms with Crippen LogP contribution in [0.5, 0.6) is 0 Å². The number of aromatic nitrogens is 4. The second-order valence-corrected chi connectivity index (χ2v) is 5.96. The number of amides is 1. The summed E-state index contributed by atoms with van der Waals surface area (Å²) >= 11 is 0. The smallest absolute Gasteiger partial charge is 0.220 e. The molecule has 1 aromatic carbocycles. The standard InChI is InChI=1S/C16H22N6O/c17-16(23)13-8-11-21(12-9-13)10-4-7-15-18-19-20-22(15)14-5-2-1-3-6-14/h1-3,5-6,13H,4,7-12H2,(H2,17,23). The molecule has 1 aliphatic heterocycles. The van der Waals surface area contributed by atoms with Crippen LogP contribution in [0.1, 0.15) is 25.1 Å². The number of carbonyl (C=O) groups is 1. The molecule has 7 heteroatoms. The summed E-state index contributed by atoms with van der Waals surface area (Å²) in [5.74, 6) is 0.770. The molecular formula is C16H22N6O. The number of rotatable bonds is 6. The van der Waals surface area contributed by atoms with Crippen molar-refractivity contribution in [3.63, 3.8) is 0 Å². The molecule has 7 nitrogen and oxygen atoms in total. The van der Waals surface area contributed by atoms with Crippen molar-refractivity contribution in [1.29, 1.82) is 0 Å². The highest BCUT2D eigenvalue weighted by molar-refractivity contribution is 5.76. The lowest BCUT2D eigenvalue weighted by Crippen LogP contribution is -2.39. The third-order valence-electron chi connectivity index (χ3n) is 4.40. The molecule has 23 heavy (non-hydrogen) atoms. The van der Waals surface area contributed by atoms with Gasteiger partial charge in [-0.2, -0.15) is 4.68 Å². The van der Waals surface area contributed by atoms with E-state index < -0.39 is 0 Å². The highest BCUT2D eigenvalue weighted by Gasteiger charge is 2.22. The maximum atomic E-state index is 11.2. The molecule has 1 aromatic heterocycles. The molecule has 2 N–H and O–H groups in total. The fourth-order valence-corrected chi connectivity index (χ4v) is 3.03. The average molecular weight is 314 g/mol. The van der Waals surface area contributed by atoms with Gasteiger partial charge < -0.3 is 10.6 Å². The number of carbonyl (C=O) groups excluding carboxylic acids is 1. The summed E-state index contributed by atoms with van der Waals surface area (Å²) in [5, 5.41) is 12.0. The van der Waals surface area contributed by atoms with Gasteiger partial charge in [0, 0.05) is 12.3 Å². The van der Waals surface area contributed by atoms with Crippen molar-refractivity contribution < 1.29 is 4.79 Å². The lowest BCUT2D eigenvalue weighted by molar-refractivity contribution is -0.123. The highest BCUT2D eigenvalue weighted by Crippen LogP contribution is 2.17. The third-order valence-corrected chi connectivity index (χ3v) is 4.40. The average Bonchev–Trinajstić information content (AvgIpc) is 3.05. The van der Waals surface area contributed by atoms with Gasteiger partial charge in [0.1, 0.15) is 0 Å². The minimum Gasteiger partial charge on any atom is -0.369 e. The van der Waals surface area contributed by atoms with Crippen molar-refractivity contribution in [3.05, 3.63) is 36.2 Å². The van der Waals surface area contributed by atoms with E-state index in [0.717, 1.165) is 56.8 Å². The van der Waals surface area contributed by atoms with Gasteiger partial charge >= 0.3 is 0 Å². The molecule has 122 valence electrons. The lowest BCUT2D eigenvalue weighted by atomic mass is 9.96. The minimum absolute atomic E-state index is 0.0524. The number of nitrogens with two attached hydrogens (primary N) is 1. The number of hydrogen-bond acceptors (Lipinski definition) is 5. The SMILES string of the molecule is NC(=O)C1CCN(CCCc2nnnn2-c2ccccc2)CC1. The van der Waals surface area contributed by atoms with E-state index in [4.69, 9.17) is 5.73 Å². The first-order valence-corrected chi connectivity index (χ1v) is 8.08. The van der Waals surface area contributed by atoms with E-state index in [-0.39, 0.29) is 11.8 Å². The van der Waals surface area contributed by atoms with Crippen LogP contribution in [-0.4, -0.2) is 50.6 Å². The lowest BCUT2D eigenvalue weighted by Gasteiger charge is -2.30. The monoisotopic (exact) mass is 314 g/mol. The molecule has 0 bridgehead atoms. The van der Waals surface area contributed by atoms with E-state index in [0.29, 0.717) is 0 Å². The summed E-state index contributed by atoms with van der Waals surface area (Å²) < 4.78 is 1.79. The topological polar surface area (TPSA) is 89.9 Å². The fourth-order valence-electron chi connectivity index (χ4n) is 3.03. The summed E-state index contributed by atoms with van der Waals surface area (Å²) in [6.45, 7) is 2.88. The zero-order valence-corrected chi connectivity index (χ0v) is 13.1. The summed E-state index contributed by atoms with van der Waals surface area (Å²) in [6, 6.07) is 9.92. The van der Waals surface area contributed by atoms with Crippen molar-refractivity contribution in [2.45, 2.75) is 25.7 Å². The minimum atomic E-state index is -0.160. The quantitative estimate of drug-likeness (QED) is 0.851. The van der Waals surface area contributed by atoms with E-state index in [1.54, 1.807) is 4.68 Å². The first kappa shape index (κ1) is 15.6. The molecule has 0 radical (unpaired) electrons. The van der Waals surface area contributed by atoms with Crippen LogP contribution in [0, 0.1) is 5.92 Å². The third kappa shape index (κ3) is 3.92. The number of benzene rings is 1.